The standard InChI is InChI=1S/C12H19NO3S/c1-16-12(15)3-2-5-13(6-7-14)9-11-4-8-17-10-11/h4,8,10,14H,2-3,5-7,9H2,1H3. The third-order valence-corrected chi connectivity index (χ3v) is 3.22. The van der Waals surface area contributed by atoms with Gasteiger partial charge in [0.15, 0.2) is 0 Å². The van der Waals surface area contributed by atoms with E-state index in [1.807, 2.05) is 5.38 Å². The second-order valence-corrected chi connectivity index (χ2v) is 4.59. The minimum Gasteiger partial charge on any atom is -0.469 e. The van der Waals surface area contributed by atoms with Crippen molar-refractivity contribution in [3.8, 4) is 0 Å². The van der Waals surface area contributed by atoms with Crippen LogP contribution in [0.5, 0.6) is 0 Å². The average molecular weight is 257 g/mol. The molecule has 1 aromatic heterocycles. The predicted molar refractivity (Wildman–Crippen MR) is 67.9 cm³/mol. The van der Waals surface area contributed by atoms with Gasteiger partial charge in [-0.3, -0.25) is 9.69 Å². The Bertz CT molecular complexity index is 314. The zero-order valence-corrected chi connectivity index (χ0v) is 10.9. The van der Waals surface area contributed by atoms with Crippen LogP contribution in [0.25, 0.3) is 0 Å². The van der Waals surface area contributed by atoms with Gasteiger partial charge in [0, 0.05) is 19.5 Å². The van der Waals surface area contributed by atoms with Crippen LogP contribution >= 0.6 is 11.3 Å². The molecule has 4 nitrogen and oxygen atoms in total. The lowest BCUT2D eigenvalue weighted by Crippen LogP contribution is -2.27. The number of hydrogen-bond donors (Lipinski definition) is 1. The quantitative estimate of drug-likeness (QED) is 0.717. The molecule has 1 rings (SSSR count). The van der Waals surface area contributed by atoms with Gasteiger partial charge in [0.05, 0.1) is 13.7 Å². The average Bonchev–Trinajstić information content (AvgIpc) is 2.81. The second kappa shape index (κ2) is 8.22. The molecule has 0 aliphatic rings. The summed E-state index contributed by atoms with van der Waals surface area (Å²) in [6.45, 7) is 2.40. The number of aliphatic hydroxyl groups is 1. The highest BCUT2D eigenvalue weighted by Crippen LogP contribution is 2.10. The first kappa shape index (κ1) is 14.2. The Hall–Kier alpha value is -0.910. The van der Waals surface area contributed by atoms with Gasteiger partial charge in [0.25, 0.3) is 0 Å². The Labute approximate surface area is 106 Å². The van der Waals surface area contributed by atoms with Gasteiger partial charge >= 0.3 is 5.97 Å². The molecule has 0 fully saturated rings. The van der Waals surface area contributed by atoms with Gasteiger partial charge < -0.3 is 9.84 Å². The fourth-order valence-corrected chi connectivity index (χ4v) is 2.26. The maximum Gasteiger partial charge on any atom is 0.305 e. The number of nitrogens with zero attached hydrogens (tertiary/aromatic N) is 1. The van der Waals surface area contributed by atoms with Crippen molar-refractivity contribution < 1.29 is 14.6 Å². The number of thiophene rings is 1. The molecule has 0 saturated carbocycles. The van der Waals surface area contributed by atoms with Crippen molar-refractivity contribution in [3.63, 3.8) is 0 Å². The van der Waals surface area contributed by atoms with Crippen molar-refractivity contribution in [2.24, 2.45) is 0 Å². The predicted octanol–water partition coefficient (Wildman–Crippen LogP) is 1.50. The molecule has 0 saturated heterocycles. The van der Waals surface area contributed by atoms with Crippen LogP contribution in [0, 0.1) is 0 Å². The van der Waals surface area contributed by atoms with E-state index in [-0.39, 0.29) is 12.6 Å². The van der Waals surface area contributed by atoms with E-state index in [1.54, 1.807) is 11.3 Å². The summed E-state index contributed by atoms with van der Waals surface area (Å²) in [5.74, 6) is -0.176. The summed E-state index contributed by atoms with van der Waals surface area (Å²) in [4.78, 5) is 13.1. The summed E-state index contributed by atoms with van der Waals surface area (Å²) in [5, 5.41) is 13.1. The zero-order chi connectivity index (χ0) is 12.5. The number of carbonyl (C=O) groups excluding carboxylic acids is 1. The number of hydrogen-bond acceptors (Lipinski definition) is 5. The molecular weight excluding hydrogens is 238 g/mol. The summed E-state index contributed by atoms with van der Waals surface area (Å²) in [6.07, 6.45) is 1.19. The molecule has 17 heavy (non-hydrogen) atoms. The van der Waals surface area contributed by atoms with Crippen molar-refractivity contribution in [2.45, 2.75) is 19.4 Å². The number of rotatable bonds is 8. The molecule has 0 atom stereocenters. The number of esters is 1. The molecule has 5 heteroatoms. The number of carbonyl (C=O) groups is 1. The van der Waals surface area contributed by atoms with Crippen LogP contribution in [0.1, 0.15) is 18.4 Å². The number of methoxy groups -OCH3 is 1. The Morgan fingerprint density at radius 3 is 2.94 bits per heavy atom. The van der Waals surface area contributed by atoms with Crippen molar-refractivity contribution in [2.75, 3.05) is 26.8 Å². The van der Waals surface area contributed by atoms with Gasteiger partial charge in [0.2, 0.25) is 0 Å². The Kier molecular flexibility index (Phi) is 6.84. The van der Waals surface area contributed by atoms with Gasteiger partial charge in [0.1, 0.15) is 0 Å². The Morgan fingerprint density at radius 1 is 1.53 bits per heavy atom. The molecule has 0 aromatic carbocycles. The Balaban J connectivity index is 2.30. The zero-order valence-electron chi connectivity index (χ0n) is 10.1. The highest BCUT2D eigenvalue weighted by Gasteiger charge is 2.07. The molecule has 0 radical (unpaired) electrons. The highest BCUT2D eigenvalue weighted by molar-refractivity contribution is 7.07. The van der Waals surface area contributed by atoms with Crippen LogP contribution in [0.2, 0.25) is 0 Å². The van der Waals surface area contributed by atoms with E-state index in [9.17, 15) is 4.79 Å². The van der Waals surface area contributed by atoms with Crippen molar-refractivity contribution in [1.29, 1.82) is 0 Å². The minimum absolute atomic E-state index is 0.141. The van der Waals surface area contributed by atoms with Crippen LogP contribution in [0.15, 0.2) is 16.8 Å². The maximum atomic E-state index is 11.0. The van der Waals surface area contributed by atoms with Gasteiger partial charge in [-0.05, 0) is 35.4 Å². The van der Waals surface area contributed by atoms with Crippen LogP contribution in [0.3, 0.4) is 0 Å². The van der Waals surface area contributed by atoms with Crippen LogP contribution < -0.4 is 0 Å². The van der Waals surface area contributed by atoms with E-state index in [1.165, 1.54) is 12.7 Å². The van der Waals surface area contributed by atoms with E-state index in [4.69, 9.17) is 5.11 Å². The first-order chi connectivity index (χ1) is 8.26. The lowest BCUT2D eigenvalue weighted by molar-refractivity contribution is -0.140. The highest BCUT2D eigenvalue weighted by atomic mass is 32.1. The summed E-state index contributed by atoms with van der Waals surface area (Å²) in [7, 11) is 1.40. The molecule has 0 unspecified atom stereocenters. The van der Waals surface area contributed by atoms with Gasteiger partial charge in [-0.2, -0.15) is 11.3 Å². The van der Waals surface area contributed by atoms with Gasteiger partial charge in [-0.25, -0.2) is 0 Å². The monoisotopic (exact) mass is 257 g/mol. The normalized spacial score (nSPS) is 10.8. The lowest BCUT2D eigenvalue weighted by Gasteiger charge is -2.20. The minimum atomic E-state index is -0.176. The van der Waals surface area contributed by atoms with E-state index in [0.29, 0.717) is 13.0 Å². The Morgan fingerprint density at radius 2 is 2.35 bits per heavy atom. The third kappa shape index (κ3) is 5.81. The molecule has 1 N–H and O–H groups in total. The van der Waals surface area contributed by atoms with Crippen molar-refractivity contribution in [1.82, 2.24) is 4.90 Å². The fourth-order valence-electron chi connectivity index (χ4n) is 1.60. The van der Waals surface area contributed by atoms with Crippen LogP contribution in [-0.2, 0) is 16.1 Å². The molecule has 96 valence electrons. The third-order valence-electron chi connectivity index (χ3n) is 2.49. The number of aliphatic hydroxyl groups excluding tert-OH is 1. The van der Waals surface area contributed by atoms with Crippen molar-refractivity contribution in [3.05, 3.63) is 22.4 Å². The molecular formula is C12H19NO3S. The van der Waals surface area contributed by atoms with Gasteiger partial charge in [-0.15, -0.1) is 0 Å². The summed E-state index contributed by atoms with van der Waals surface area (Å²) < 4.78 is 4.59. The number of ether oxygens (including phenoxy) is 1. The molecule has 1 heterocycles. The maximum absolute atomic E-state index is 11.0. The SMILES string of the molecule is COC(=O)CCCN(CCO)Cc1ccsc1. The van der Waals surface area contributed by atoms with E-state index >= 15 is 0 Å². The molecule has 0 spiro atoms. The first-order valence-corrected chi connectivity index (χ1v) is 6.61. The van der Waals surface area contributed by atoms with E-state index < -0.39 is 0 Å². The summed E-state index contributed by atoms with van der Waals surface area (Å²) in [6, 6.07) is 2.08. The summed E-state index contributed by atoms with van der Waals surface area (Å²) in [5.41, 5.74) is 1.25. The van der Waals surface area contributed by atoms with E-state index in [0.717, 1.165) is 19.5 Å². The fraction of sp³-hybridized carbons (Fsp3) is 0.583. The molecule has 0 aliphatic heterocycles. The smallest absolute Gasteiger partial charge is 0.305 e. The van der Waals surface area contributed by atoms with E-state index in [2.05, 4.69) is 21.1 Å². The summed E-state index contributed by atoms with van der Waals surface area (Å²) >= 11 is 1.67. The lowest BCUT2D eigenvalue weighted by atomic mass is 10.2. The molecule has 0 amide bonds. The molecule has 1 aromatic rings. The second-order valence-electron chi connectivity index (χ2n) is 3.81. The molecule has 0 aliphatic carbocycles. The largest absolute Gasteiger partial charge is 0.469 e. The van der Waals surface area contributed by atoms with Crippen LogP contribution in [0.4, 0.5) is 0 Å². The van der Waals surface area contributed by atoms with Crippen molar-refractivity contribution >= 4 is 17.3 Å². The topological polar surface area (TPSA) is 49.8 Å². The molecule has 0 bridgehead atoms. The first-order valence-electron chi connectivity index (χ1n) is 5.67. The van der Waals surface area contributed by atoms with Crippen LogP contribution in [-0.4, -0.2) is 42.8 Å². The van der Waals surface area contributed by atoms with Gasteiger partial charge in [-0.1, -0.05) is 0 Å².